The van der Waals surface area contributed by atoms with Crippen LogP contribution in [0.5, 0.6) is 0 Å². The Morgan fingerprint density at radius 1 is 1.12 bits per heavy atom. The van der Waals surface area contributed by atoms with Gasteiger partial charge in [0.25, 0.3) is 5.91 Å². The highest BCUT2D eigenvalue weighted by Crippen LogP contribution is 2.25. The molecule has 3 rings (SSSR count). The molecular formula is C18H22ClN3O2. The molecule has 6 heteroatoms. The van der Waals surface area contributed by atoms with E-state index in [2.05, 4.69) is 18.9 Å². The number of hydrogen-bond acceptors (Lipinski definition) is 3. The van der Waals surface area contributed by atoms with E-state index in [4.69, 9.17) is 11.6 Å². The molecule has 0 bridgehead atoms. The summed E-state index contributed by atoms with van der Waals surface area (Å²) in [6.45, 7) is 5.86. The number of nitrogens with zero attached hydrogens (tertiary/aromatic N) is 3. The summed E-state index contributed by atoms with van der Waals surface area (Å²) in [7, 11) is 0. The van der Waals surface area contributed by atoms with E-state index in [1.807, 2.05) is 4.90 Å². The highest BCUT2D eigenvalue weighted by Gasteiger charge is 2.31. The van der Waals surface area contributed by atoms with Gasteiger partial charge < -0.3 is 4.90 Å². The van der Waals surface area contributed by atoms with Gasteiger partial charge in [0.1, 0.15) is 5.71 Å². The first-order valence-electron chi connectivity index (χ1n) is 8.39. The summed E-state index contributed by atoms with van der Waals surface area (Å²) < 4.78 is 0. The third-order valence-electron chi connectivity index (χ3n) is 4.51. The van der Waals surface area contributed by atoms with Crippen LogP contribution >= 0.6 is 11.6 Å². The number of benzene rings is 1. The summed E-state index contributed by atoms with van der Waals surface area (Å²) in [5.41, 5.74) is 1.10. The predicted octanol–water partition coefficient (Wildman–Crippen LogP) is 3.33. The first-order chi connectivity index (χ1) is 11.4. The van der Waals surface area contributed by atoms with Crippen molar-refractivity contribution in [3.8, 4) is 0 Å². The number of carbonyl (C=O) groups is 2. The summed E-state index contributed by atoms with van der Waals surface area (Å²) in [6, 6.07) is 6.90. The van der Waals surface area contributed by atoms with E-state index in [1.165, 1.54) is 5.01 Å². The number of carbonyl (C=O) groups excluding carboxylic acids is 2. The summed E-state index contributed by atoms with van der Waals surface area (Å²) in [6.07, 6.45) is 1.85. The van der Waals surface area contributed by atoms with E-state index in [9.17, 15) is 9.59 Å². The molecule has 0 spiro atoms. The Hall–Kier alpha value is -1.88. The number of likely N-dealkylation sites (tertiary alicyclic amines) is 1. The molecule has 0 aromatic heterocycles. The van der Waals surface area contributed by atoms with Gasteiger partial charge in [-0.15, -0.1) is 0 Å². The maximum absolute atomic E-state index is 12.8. The monoisotopic (exact) mass is 347 g/mol. The first kappa shape index (κ1) is 17.0. The number of hydrogen-bond donors (Lipinski definition) is 0. The Bertz CT molecular complexity index is 661. The SMILES string of the molecule is C[C@@H]1C[C@@H](C)CN(C(=O)C2=NN(c3ccc(Cl)cc3)C(=O)CC2)C1. The molecule has 0 aliphatic carbocycles. The normalized spacial score (nSPS) is 24.8. The van der Waals surface area contributed by atoms with Crippen LogP contribution in [0.25, 0.3) is 0 Å². The minimum atomic E-state index is -0.103. The third kappa shape index (κ3) is 3.61. The second-order valence-electron chi connectivity index (χ2n) is 6.88. The molecule has 2 aliphatic heterocycles. The van der Waals surface area contributed by atoms with E-state index < -0.39 is 0 Å². The maximum Gasteiger partial charge on any atom is 0.270 e. The number of rotatable bonds is 2. The summed E-state index contributed by atoms with van der Waals surface area (Å²) in [5, 5.41) is 6.27. The van der Waals surface area contributed by atoms with Crippen LogP contribution in [0.3, 0.4) is 0 Å². The van der Waals surface area contributed by atoms with Crippen LogP contribution in [-0.2, 0) is 9.59 Å². The van der Waals surface area contributed by atoms with Crippen LogP contribution in [0.15, 0.2) is 29.4 Å². The average Bonchev–Trinajstić information content (AvgIpc) is 2.55. The number of anilines is 1. The third-order valence-corrected chi connectivity index (χ3v) is 4.76. The lowest BCUT2D eigenvalue weighted by Crippen LogP contribution is -2.47. The second kappa shape index (κ2) is 6.93. The van der Waals surface area contributed by atoms with E-state index in [0.29, 0.717) is 41.1 Å². The lowest BCUT2D eigenvalue weighted by molar-refractivity contribution is -0.126. The Balaban J connectivity index is 1.82. The molecule has 2 atom stereocenters. The van der Waals surface area contributed by atoms with Crippen molar-refractivity contribution < 1.29 is 9.59 Å². The number of halogens is 1. The van der Waals surface area contributed by atoms with Gasteiger partial charge >= 0.3 is 0 Å². The van der Waals surface area contributed by atoms with Crippen LogP contribution in [0.4, 0.5) is 5.69 Å². The lowest BCUT2D eigenvalue weighted by atomic mass is 9.91. The van der Waals surface area contributed by atoms with E-state index >= 15 is 0 Å². The van der Waals surface area contributed by atoms with Crippen molar-refractivity contribution in [1.29, 1.82) is 0 Å². The van der Waals surface area contributed by atoms with Crippen LogP contribution in [-0.4, -0.2) is 35.5 Å². The number of piperidine rings is 1. The van der Waals surface area contributed by atoms with Crippen molar-refractivity contribution in [2.24, 2.45) is 16.9 Å². The van der Waals surface area contributed by atoms with Gasteiger partial charge in [0.15, 0.2) is 0 Å². The second-order valence-corrected chi connectivity index (χ2v) is 7.32. The van der Waals surface area contributed by atoms with Gasteiger partial charge in [0, 0.05) is 31.0 Å². The van der Waals surface area contributed by atoms with Crippen molar-refractivity contribution in [1.82, 2.24) is 4.90 Å². The van der Waals surface area contributed by atoms with Gasteiger partial charge in [-0.2, -0.15) is 5.10 Å². The van der Waals surface area contributed by atoms with Crippen LogP contribution in [0, 0.1) is 11.8 Å². The predicted molar refractivity (Wildman–Crippen MR) is 95.1 cm³/mol. The van der Waals surface area contributed by atoms with E-state index in [-0.39, 0.29) is 11.8 Å². The van der Waals surface area contributed by atoms with E-state index in [0.717, 1.165) is 19.5 Å². The number of amides is 2. The molecule has 5 nitrogen and oxygen atoms in total. The van der Waals surface area contributed by atoms with E-state index in [1.54, 1.807) is 24.3 Å². The van der Waals surface area contributed by atoms with Crippen LogP contribution in [0.2, 0.25) is 5.02 Å². The fraction of sp³-hybridized carbons (Fsp3) is 0.500. The molecule has 0 radical (unpaired) electrons. The highest BCUT2D eigenvalue weighted by atomic mass is 35.5. The molecule has 1 saturated heterocycles. The summed E-state index contributed by atoms with van der Waals surface area (Å²) in [4.78, 5) is 26.9. The summed E-state index contributed by atoms with van der Waals surface area (Å²) in [5.74, 6) is 0.848. The largest absolute Gasteiger partial charge is 0.337 e. The van der Waals surface area contributed by atoms with Crippen LogP contribution in [0.1, 0.15) is 33.1 Å². The number of hydrazone groups is 1. The molecule has 24 heavy (non-hydrogen) atoms. The molecule has 2 heterocycles. The molecule has 0 saturated carbocycles. The Labute approximate surface area is 147 Å². The Morgan fingerprint density at radius 2 is 1.75 bits per heavy atom. The van der Waals surface area contributed by atoms with Crippen molar-refractivity contribution >= 4 is 34.8 Å². The van der Waals surface area contributed by atoms with Gasteiger partial charge in [-0.1, -0.05) is 25.4 Å². The molecule has 128 valence electrons. The molecule has 2 amide bonds. The summed E-state index contributed by atoms with van der Waals surface area (Å²) >= 11 is 5.89. The van der Waals surface area contributed by atoms with Gasteiger partial charge in [0.05, 0.1) is 5.69 Å². The van der Waals surface area contributed by atoms with Gasteiger partial charge in [0.2, 0.25) is 5.91 Å². The Morgan fingerprint density at radius 3 is 2.38 bits per heavy atom. The zero-order valence-electron chi connectivity index (χ0n) is 14.0. The zero-order valence-corrected chi connectivity index (χ0v) is 14.8. The fourth-order valence-electron chi connectivity index (χ4n) is 3.50. The molecule has 1 fully saturated rings. The van der Waals surface area contributed by atoms with Crippen molar-refractivity contribution in [2.75, 3.05) is 18.1 Å². The van der Waals surface area contributed by atoms with Crippen molar-refractivity contribution in [2.45, 2.75) is 33.1 Å². The quantitative estimate of drug-likeness (QED) is 0.824. The molecular weight excluding hydrogens is 326 g/mol. The first-order valence-corrected chi connectivity index (χ1v) is 8.77. The maximum atomic E-state index is 12.8. The average molecular weight is 348 g/mol. The van der Waals surface area contributed by atoms with Crippen molar-refractivity contribution in [3.05, 3.63) is 29.3 Å². The minimum Gasteiger partial charge on any atom is -0.337 e. The highest BCUT2D eigenvalue weighted by molar-refractivity contribution is 6.40. The van der Waals surface area contributed by atoms with Gasteiger partial charge in [-0.3, -0.25) is 9.59 Å². The standard InChI is InChI=1S/C18H22ClN3O2/c1-12-9-13(2)11-21(10-12)18(24)16-7-8-17(23)22(20-16)15-5-3-14(19)4-6-15/h3-6,12-13H,7-11H2,1-2H3/t12-,13-/m1/s1. The molecule has 1 aromatic carbocycles. The van der Waals surface area contributed by atoms with Gasteiger partial charge in [-0.05, 0) is 42.5 Å². The topological polar surface area (TPSA) is 53.0 Å². The van der Waals surface area contributed by atoms with Gasteiger partial charge in [-0.25, -0.2) is 5.01 Å². The fourth-order valence-corrected chi connectivity index (χ4v) is 3.63. The zero-order chi connectivity index (χ0) is 17.3. The molecule has 1 aromatic rings. The molecule has 0 unspecified atom stereocenters. The molecule has 0 N–H and O–H groups in total. The smallest absolute Gasteiger partial charge is 0.270 e. The lowest BCUT2D eigenvalue weighted by Gasteiger charge is -2.36. The van der Waals surface area contributed by atoms with Crippen LogP contribution < -0.4 is 5.01 Å². The minimum absolute atomic E-state index is 0.0418. The van der Waals surface area contributed by atoms with Crippen molar-refractivity contribution in [3.63, 3.8) is 0 Å². The molecule has 2 aliphatic rings. The Kier molecular flexibility index (Phi) is 4.90.